The minimum atomic E-state index is 0.0131. The van der Waals surface area contributed by atoms with Crippen molar-refractivity contribution in [3.05, 3.63) is 81.1 Å². The van der Waals surface area contributed by atoms with Crippen molar-refractivity contribution in [1.82, 2.24) is 9.97 Å². The Labute approximate surface area is 152 Å². The number of hydrogen-bond acceptors (Lipinski definition) is 2. The second-order valence-electron chi connectivity index (χ2n) is 6.15. The van der Waals surface area contributed by atoms with Gasteiger partial charge in [0.05, 0.1) is 5.92 Å². The van der Waals surface area contributed by atoms with E-state index in [9.17, 15) is 4.79 Å². The van der Waals surface area contributed by atoms with Crippen molar-refractivity contribution in [3.63, 3.8) is 0 Å². The van der Waals surface area contributed by atoms with Crippen LogP contribution in [-0.2, 0) is 0 Å². The van der Waals surface area contributed by atoms with Gasteiger partial charge in [0.15, 0.2) is 5.78 Å². The van der Waals surface area contributed by atoms with Crippen LogP contribution in [0.2, 0.25) is 0 Å². The zero-order chi connectivity index (χ0) is 18.1. The first kappa shape index (κ1) is 17.2. The van der Waals surface area contributed by atoms with E-state index in [1.54, 1.807) is 18.3 Å². The summed E-state index contributed by atoms with van der Waals surface area (Å²) < 4.78 is 0. The van der Waals surface area contributed by atoms with Crippen LogP contribution in [0.3, 0.4) is 0 Å². The Morgan fingerprint density at radius 1 is 1.28 bits per heavy atom. The number of carbonyl (C=O) groups excluding carboxylic acids is 1. The number of ketones is 1. The Kier molecular flexibility index (Phi) is 4.64. The highest BCUT2D eigenvalue weighted by Crippen LogP contribution is 2.39. The van der Waals surface area contributed by atoms with Crippen molar-refractivity contribution in [3.8, 4) is 0 Å². The Morgan fingerprint density at radius 3 is 2.52 bits per heavy atom. The first-order valence-corrected chi connectivity index (χ1v) is 9.01. The summed E-state index contributed by atoms with van der Waals surface area (Å²) in [6.45, 7) is 13.4. The van der Waals surface area contributed by atoms with Crippen molar-refractivity contribution < 1.29 is 4.79 Å². The van der Waals surface area contributed by atoms with Crippen molar-refractivity contribution in [2.75, 3.05) is 0 Å². The monoisotopic (exact) mass is 350 g/mol. The molecule has 1 unspecified atom stereocenters. The Morgan fingerprint density at radius 2 is 2.04 bits per heavy atom. The smallest absolute Gasteiger partial charge is 0.161 e. The van der Waals surface area contributed by atoms with Crippen molar-refractivity contribution in [2.24, 2.45) is 0 Å². The number of rotatable bonds is 6. The minimum absolute atomic E-state index is 0.0131. The number of H-pyrrole nitrogens is 2. The SMILES string of the molecule is C=Cc1cc(C(c2ccc[nH]2)c2[nH]c(C)c(C(C)=O)c2C)sc1C=C. The first-order chi connectivity index (χ1) is 12.0. The second kappa shape index (κ2) is 6.73. The molecule has 3 rings (SSSR count). The Balaban J connectivity index is 2.23. The second-order valence-corrected chi connectivity index (χ2v) is 7.27. The van der Waals surface area contributed by atoms with E-state index in [2.05, 4.69) is 35.3 Å². The molecule has 0 spiro atoms. The van der Waals surface area contributed by atoms with Crippen LogP contribution in [0.4, 0.5) is 0 Å². The predicted molar refractivity (Wildman–Crippen MR) is 107 cm³/mol. The molecular weight excluding hydrogens is 328 g/mol. The van der Waals surface area contributed by atoms with Crippen LogP contribution in [0.15, 0.2) is 37.6 Å². The Bertz CT molecular complexity index is 916. The maximum absolute atomic E-state index is 12.0. The summed E-state index contributed by atoms with van der Waals surface area (Å²) in [5, 5.41) is 0. The van der Waals surface area contributed by atoms with E-state index in [0.717, 1.165) is 38.6 Å². The molecule has 128 valence electrons. The number of aryl methyl sites for hydroxylation is 1. The quantitative estimate of drug-likeness (QED) is 0.551. The van der Waals surface area contributed by atoms with Gasteiger partial charge in [-0.25, -0.2) is 0 Å². The summed E-state index contributed by atoms with van der Waals surface area (Å²) in [7, 11) is 0. The third kappa shape index (κ3) is 2.94. The highest BCUT2D eigenvalue weighted by molar-refractivity contribution is 7.13. The van der Waals surface area contributed by atoms with E-state index in [1.165, 1.54) is 4.88 Å². The Hall–Kier alpha value is -2.59. The van der Waals surface area contributed by atoms with E-state index >= 15 is 0 Å². The van der Waals surface area contributed by atoms with Gasteiger partial charge in [-0.05, 0) is 50.1 Å². The van der Waals surface area contributed by atoms with Gasteiger partial charge < -0.3 is 9.97 Å². The van der Waals surface area contributed by atoms with Crippen LogP contribution in [0.25, 0.3) is 12.2 Å². The van der Waals surface area contributed by atoms with E-state index in [4.69, 9.17) is 0 Å². The summed E-state index contributed by atoms with van der Waals surface area (Å²) in [5.74, 6) is 0.103. The third-order valence-corrected chi connectivity index (χ3v) is 5.76. The molecular formula is C21H22N2OS. The fraction of sp³-hybridized carbons (Fsp3) is 0.190. The lowest BCUT2D eigenvalue weighted by molar-refractivity contribution is 0.101. The maximum Gasteiger partial charge on any atom is 0.161 e. The van der Waals surface area contributed by atoms with Gasteiger partial charge in [0.1, 0.15) is 0 Å². The minimum Gasteiger partial charge on any atom is -0.364 e. The van der Waals surface area contributed by atoms with Gasteiger partial charge in [0.2, 0.25) is 0 Å². The number of aromatic amines is 2. The summed E-state index contributed by atoms with van der Waals surface area (Å²) in [4.78, 5) is 21.1. The van der Waals surface area contributed by atoms with Crippen molar-refractivity contribution in [2.45, 2.75) is 26.7 Å². The zero-order valence-electron chi connectivity index (χ0n) is 14.8. The molecule has 4 heteroatoms. The lowest BCUT2D eigenvalue weighted by Gasteiger charge is -2.15. The average Bonchev–Trinajstić information content (AvgIpc) is 3.28. The van der Waals surface area contributed by atoms with Crippen LogP contribution in [-0.4, -0.2) is 15.8 Å². The first-order valence-electron chi connectivity index (χ1n) is 8.19. The van der Waals surface area contributed by atoms with Crippen LogP contribution in [0, 0.1) is 13.8 Å². The van der Waals surface area contributed by atoms with Gasteiger partial charge >= 0.3 is 0 Å². The van der Waals surface area contributed by atoms with E-state index in [1.807, 2.05) is 38.3 Å². The van der Waals surface area contributed by atoms with Gasteiger partial charge in [-0.15, -0.1) is 11.3 Å². The van der Waals surface area contributed by atoms with Gasteiger partial charge in [-0.3, -0.25) is 4.79 Å². The van der Waals surface area contributed by atoms with Crippen LogP contribution >= 0.6 is 11.3 Å². The van der Waals surface area contributed by atoms with Crippen LogP contribution in [0.5, 0.6) is 0 Å². The van der Waals surface area contributed by atoms with Crippen molar-refractivity contribution in [1.29, 1.82) is 0 Å². The topological polar surface area (TPSA) is 48.6 Å². The normalized spacial score (nSPS) is 12.1. The molecule has 0 amide bonds. The van der Waals surface area contributed by atoms with Gasteiger partial charge in [-0.1, -0.05) is 25.3 Å². The number of carbonyl (C=O) groups is 1. The highest BCUT2D eigenvalue weighted by Gasteiger charge is 2.27. The predicted octanol–water partition coefficient (Wildman–Crippen LogP) is 5.69. The molecule has 1 atom stereocenters. The third-order valence-electron chi connectivity index (χ3n) is 4.55. The van der Waals surface area contributed by atoms with Gasteiger partial charge in [0, 0.05) is 38.6 Å². The number of aromatic nitrogens is 2. The van der Waals surface area contributed by atoms with Crippen molar-refractivity contribution >= 4 is 29.3 Å². The largest absolute Gasteiger partial charge is 0.364 e. The van der Waals surface area contributed by atoms with Gasteiger partial charge in [0.25, 0.3) is 0 Å². The average molecular weight is 350 g/mol. The molecule has 0 aliphatic rings. The molecule has 25 heavy (non-hydrogen) atoms. The number of nitrogens with one attached hydrogen (secondary N) is 2. The molecule has 0 saturated heterocycles. The molecule has 3 nitrogen and oxygen atoms in total. The molecule has 0 aromatic carbocycles. The summed E-state index contributed by atoms with van der Waals surface area (Å²) in [5.41, 5.74) is 5.94. The number of thiophene rings is 1. The summed E-state index contributed by atoms with van der Waals surface area (Å²) in [6.07, 6.45) is 5.65. The fourth-order valence-corrected chi connectivity index (χ4v) is 4.61. The fourth-order valence-electron chi connectivity index (χ4n) is 3.47. The molecule has 3 aromatic heterocycles. The molecule has 0 bridgehead atoms. The summed E-state index contributed by atoms with van der Waals surface area (Å²) in [6, 6.07) is 6.23. The van der Waals surface area contributed by atoms with E-state index in [0.29, 0.717) is 0 Å². The number of hydrogen-bond donors (Lipinski definition) is 2. The molecule has 2 N–H and O–H groups in total. The highest BCUT2D eigenvalue weighted by atomic mass is 32.1. The van der Waals surface area contributed by atoms with E-state index in [-0.39, 0.29) is 11.7 Å². The van der Waals surface area contributed by atoms with E-state index < -0.39 is 0 Å². The molecule has 0 fully saturated rings. The van der Waals surface area contributed by atoms with Crippen LogP contribution in [0.1, 0.15) is 61.2 Å². The maximum atomic E-state index is 12.0. The number of Topliss-reactive ketones (excluding diaryl/α,β-unsaturated/α-hetero) is 1. The van der Waals surface area contributed by atoms with Gasteiger partial charge in [-0.2, -0.15) is 0 Å². The molecule has 0 aliphatic carbocycles. The molecule has 0 radical (unpaired) electrons. The lowest BCUT2D eigenvalue weighted by atomic mass is 9.94. The molecule has 3 heterocycles. The van der Waals surface area contributed by atoms with Crippen LogP contribution < -0.4 is 0 Å². The molecule has 0 aliphatic heterocycles. The zero-order valence-corrected chi connectivity index (χ0v) is 15.6. The molecule has 0 saturated carbocycles. The molecule has 3 aromatic rings. The standard InChI is InChI=1S/C21H22N2OS/c1-6-15-11-18(25-17(15)7-2)20(16-9-8-10-22-16)21-12(3)19(14(5)24)13(4)23-21/h6-11,20,22-23H,1-2H2,3-5H3. The summed E-state index contributed by atoms with van der Waals surface area (Å²) >= 11 is 1.70. The lowest BCUT2D eigenvalue weighted by Crippen LogP contribution is -2.05.